The number of benzene rings is 3. The Morgan fingerprint density at radius 1 is 0.769 bits per heavy atom. The number of hydrogen-bond acceptors (Lipinski definition) is 2. The molecule has 0 radical (unpaired) electrons. The van der Waals surface area contributed by atoms with Gasteiger partial charge in [-0.05, 0) is 23.3 Å². The first-order valence-corrected chi connectivity index (χ1v) is 9.12. The fourth-order valence-electron chi connectivity index (χ4n) is 2.46. The number of halogens is 4. The van der Waals surface area contributed by atoms with Gasteiger partial charge in [0, 0.05) is 5.56 Å². The summed E-state index contributed by atoms with van der Waals surface area (Å²) in [5.41, 5.74) is 2.34. The molecule has 0 saturated carbocycles. The van der Waals surface area contributed by atoms with Crippen LogP contribution in [0.15, 0.2) is 54.6 Å². The van der Waals surface area contributed by atoms with Crippen LogP contribution in [0.3, 0.4) is 0 Å². The average Bonchev–Trinajstić information content (AvgIpc) is 2.67. The van der Waals surface area contributed by atoms with Crippen molar-refractivity contribution in [3.63, 3.8) is 0 Å². The lowest BCUT2D eigenvalue weighted by molar-refractivity contribution is 0.112. The Bertz CT molecular complexity index is 909. The molecule has 0 aliphatic heterocycles. The molecule has 0 aliphatic carbocycles. The van der Waals surface area contributed by atoms with Gasteiger partial charge in [0.25, 0.3) is 0 Å². The fraction of sp³-hybridized carbons (Fsp3) is 0.0500. The van der Waals surface area contributed by atoms with Crippen LogP contribution in [-0.2, 0) is 6.61 Å². The molecule has 26 heavy (non-hydrogen) atoms. The highest BCUT2D eigenvalue weighted by molar-refractivity contribution is 6.52. The first kappa shape index (κ1) is 19.1. The summed E-state index contributed by atoms with van der Waals surface area (Å²) in [7, 11) is 0. The van der Waals surface area contributed by atoms with Crippen LogP contribution in [0.2, 0.25) is 20.1 Å². The Morgan fingerprint density at radius 3 is 1.88 bits per heavy atom. The van der Waals surface area contributed by atoms with E-state index in [1.807, 2.05) is 30.3 Å². The van der Waals surface area contributed by atoms with Gasteiger partial charge in [-0.25, -0.2) is 0 Å². The van der Waals surface area contributed by atoms with Crippen LogP contribution in [0.5, 0.6) is 5.75 Å². The molecule has 3 aromatic rings. The Hall–Kier alpha value is -1.71. The number of carbonyl (C=O) groups is 1. The highest BCUT2D eigenvalue weighted by Crippen LogP contribution is 2.45. The predicted octanol–water partition coefficient (Wildman–Crippen LogP) is 7.36. The molecule has 3 rings (SSSR count). The third-order valence-corrected chi connectivity index (χ3v) is 5.54. The highest BCUT2D eigenvalue weighted by atomic mass is 35.5. The fourth-order valence-corrected chi connectivity index (χ4v) is 3.64. The van der Waals surface area contributed by atoms with E-state index in [-0.39, 0.29) is 25.7 Å². The lowest BCUT2D eigenvalue weighted by Gasteiger charge is -2.14. The molecule has 132 valence electrons. The summed E-state index contributed by atoms with van der Waals surface area (Å²) in [6.45, 7) is 0.466. The van der Waals surface area contributed by atoms with E-state index < -0.39 is 0 Å². The van der Waals surface area contributed by atoms with Crippen LogP contribution in [0.4, 0.5) is 0 Å². The Labute approximate surface area is 171 Å². The van der Waals surface area contributed by atoms with E-state index in [9.17, 15) is 4.79 Å². The molecule has 0 amide bonds. The maximum absolute atomic E-state index is 11.1. The second kappa shape index (κ2) is 8.32. The van der Waals surface area contributed by atoms with Gasteiger partial charge in [-0.2, -0.15) is 0 Å². The second-order valence-electron chi connectivity index (χ2n) is 5.46. The van der Waals surface area contributed by atoms with Crippen molar-refractivity contribution in [2.75, 3.05) is 0 Å². The van der Waals surface area contributed by atoms with Gasteiger partial charge in [0.2, 0.25) is 0 Å². The molecule has 0 saturated heterocycles. The van der Waals surface area contributed by atoms with E-state index in [0.29, 0.717) is 29.8 Å². The molecule has 0 N–H and O–H groups in total. The van der Waals surface area contributed by atoms with E-state index in [1.54, 1.807) is 24.3 Å². The highest BCUT2D eigenvalue weighted by Gasteiger charge is 2.21. The molecule has 0 spiro atoms. The van der Waals surface area contributed by atoms with Crippen molar-refractivity contribution in [3.05, 3.63) is 85.8 Å². The molecule has 0 heterocycles. The zero-order valence-electron chi connectivity index (χ0n) is 13.3. The van der Waals surface area contributed by atoms with Gasteiger partial charge < -0.3 is 4.74 Å². The van der Waals surface area contributed by atoms with Crippen LogP contribution in [-0.4, -0.2) is 6.29 Å². The zero-order chi connectivity index (χ0) is 18.7. The molecular weight excluding hydrogens is 414 g/mol. The molecule has 0 aliphatic rings. The Kier molecular flexibility index (Phi) is 6.10. The number of rotatable bonds is 5. The molecule has 0 aromatic heterocycles. The zero-order valence-corrected chi connectivity index (χ0v) is 16.3. The van der Waals surface area contributed by atoms with Crippen molar-refractivity contribution in [1.29, 1.82) is 0 Å². The normalized spacial score (nSPS) is 10.6. The summed E-state index contributed by atoms with van der Waals surface area (Å²) >= 11 is 24.9. The molecular formula is C20H12Cl4O2. The summed E-state index contributed by atoms with van der Waals surface area (Å²) < 4.78 is 5.76. The number of ether oxygens (including phenoxy) is 1. The lowest BCUT2D eigenvalue weighted by atomic mass is 10.0. The molecule has 0 bridgehead atoms. The minimum atomic E-state index is 0.0786. The summed E-state index contributed by atoms with van der Waals surface area (Å²) in [6, 6.07) is 17.1. The summed E-state index contributed by atoms with van der Waals surface area (Å²) in [5, 5.41) is 0.521. The molecule has 2 nitrogen and oxygen atoms in total. The van der Waals surface area contributed by atoms with Crippen molar-refractivity contribution >= 4 is 52.7 Å². The van der Waals surface area contributed by atoms with Gasteiger partial charge in [-0.15, -0.1) is 0 Å². The minimum absolute atomic E-state index is 0.0786. The maximum Gasteiger partial charge on any atom is 0.153 e. The molecule has 0 atom stereocenters. The third kappa shape index (κ3) is 3.84. The van der Waals surface area contributed by atoms with E-state index in [0.717, 1.165) is 5.56 Å². The van der Waals surface area contributed by atoms with Crippen molar-refractivity contribution < 1.29 is 9.53 Å². The van der Waals surface area contributed by atoms with Crippen LogP contribution in [0.1, 0.15) is 15.9 Å². The monoisotopic (exact) mass is 424 g/mol. The smallest absolute Gasteiger partial charge is 0.153 e. The third-order valence-electron chi connectivity index (χ3n) is 3.81. The van der Waals surface area contributed by atoms with E-state index in [4.69, 9.17) is 51.1 Å². The van der Waals surface area contributed by atoms with Crippen LogP contribution in [0, 0.1) is 0 Å². The van der Waals surface area contributed by atoms with E-state index >= 15 is 0 Å². The van der Waals surface area contributed by atoms with Gasteiger partial charge in [-0.1, -0.05) is 88.9 Å². The standard InChI is InChI=1S/C20H12Cl4O2/c21-17-15(10-25)18(22)20(24)16(19(17)23)13-6-8-14(9-7-13)26-11-12-4-2-1-3-5-12/h1-10H,11H2. The number of hydrogen-bond donors (Lipinski definition) is 0. The van der Waals surface area contributed by atoms with Crippen LogP contribution < -0.4 is 4.74 Å². The van der Waals surface area contributed by atoms with Gasteiger partial charge >= 0.3 is 0 Å². The first-order chi connectivity index (χ1) is 12.5. The minimum Gasteiger partial charge on any atom is -0.489 e. The number of aldehydes is 1. The topological polar surface area (TPSA) is 26.3 Å². The van der Waals surface area contributed by atoms with Crippen LogP contribution in [0.25, 0.3) is 11.1 Å². The van der Waals surface area contributed by atoms with Crippen molar-refractivity contribution in [2.24, 2.45) is 0 Å². The lowest BCUT2D eigenvalue weighted by Crippen LogP contribution is -1.95. The van der Waals surface area contributed by atoms with Gasteiger partial charge in [0.15, 0.2) is 6.29 Å². The van der Waals surface area contributed by atoms with Crippen molar-refractivity contribution in [2.45, 2.75) is 6.61 Å². The predicted molar refractivity (Wildman–Crippen MR) is 108 cm³/mol. The second-order valence-corrected chi connectivity index (χ2v) is 6.97. The first-order valence-electron chi connectivity index (χ1n) is 7.61. The molecule has 0 unspecified atom stereocenters. The van der Waals surface area contributed by atoms with Crippen LogP contribution >= 0.6 is 46.4 Å². The van der Waals surface area contributed by atoms with Crippen molar-refractivity contribution in [3.8, 4) is 16.9 Å². The largest absolute Gasteiger partial charge is 0.489 e. The van der Waals surface area contributed by atoms with Gasteiger partial charge in [0.1, 0.15) is 12.4 Å². The number of carbonyl (C=O) groups excluding carboxylic acids is 1. The summed E-state index contributed by atoms with van der Waals surface area (Å²) in [5.74, 6) is 0.701. The van der Waals surface area contributed by atoms with Crippen molar-refractivity contribution in [1.82, 2.24) is 0 Å². The molecule has 0 fully saturated rings. The molecule has 6 heteroatoms. The average molecular weight is 426 g/mol. The van der Waals surface area contributed by atoms with E-state index in [2.05, 4.69) is 0 Å². The Morgan fingerprint density at radius 2 is 1.35 bits per heavy atom. The maximum atomic E-state index is 11.1. The SMILES string of the molecule is O=Cc1c(Cl)c(Cl)c(-c2ccc(OCc3ccccc3)cc2)c(Cl)c1Cl. The summed E-state index contributed by atoms with van der Waals surface area (Å²) in [6.07, 6.45) is 0.534. The van der Waals surface area contributed by atoms with Gasteiger partial charge in [0.05, 0.1) is 25.7 Å². The van der Waals surface area contributed by atoms with E-state index in [1.165, 1.54) is 0 Å². The summed E-state index contributed by atoms with van der Waals surface area (Å²) in [4.78, 5) is 11.1. The quantitative estimate of drug-likeness (QED) is 0.315. The molecule has 3 aromatic carbocycles. The Balaban J connectivity index is 1.88. The van der Waals surface area contributed by atoms with Gasteiger partial charge in [-0.3, -0.25) is 4.79 Å².